The predicted molar refractivity (Wildman–Crippen MR) is 82.5 cm³/mol. The van der Waals surface area contributed by atoms with Crippen LogP contribution in [0, 0.1) is 6.92 Å². The van der Waals surface area contributed by atoms with Gasteiger partial charge in [-0.05, 0) is 44.8 Å². The fraction of sp³-hybridized carbons (Fsp3) is 0.647. The Bertz CT molecular complexity index is 385. The van der Waals surface area contributed by atoms with Crippen molar-refractivity contribution in [2.45, 2.75) is 52.1 Å². The van der Waals surface area contributed by atoms with Crippen molar-refractivity contribution in [2.75, 3.05) is 19.6 Å². The van der Waals surface area contributed by atoms with Crippen molar-refractivity contribution in [1.82, 2.24) is 10.2 Å². The van der Waals surface area contributed by atoms with E-state index >= 15 is 0 Å². The minimum atomic E-state index is 0.498. The number of aryl methyl sites for hydroxylation is 1. The summed E-state index contributed by atoms with van der Waals surface area (Å²) in [5.41, 5.74) is 2.80. The van der Waals surface area contributed by atoms with E-state index in [1.54, 1.807) is 0 Å². The molecular formula is C17H28N2. The lowest BCUT2D eigenvalue weighted by Crippen LogP contribution is -2.31. The van der Waals surface area contributed by atoms with Gasteiger partial charge in [-0.15, -0.1) is 0 Å². The first-order valence-electron chi connectivity index (χ1n) is 7.78. The molecule has 0 spiro atoms. The SMILES string of the molecule is CCNC(CCN(CC)C1CC1)c1cccc(C)c1. The van der Waals surface area contributed by atoms with Gasteiger partial charge in [-0.2, -0.15) is 0 Å². The second-order valence-corrected chi connectivity index (χ2v) is 5.67. The molecule has 1 atom stereocenters. The van der Waals surface area contributed by atoms with Crippen molar-refractivity contribution in [3.63, 3.8) is 0 Å². The van der Waals surface area contributed by atoms with Crippen LogP contribution >= 0.6 is 0 Å². The first-order chi connectivity index (χ1) is 9.24. The molecule has 1 aromatic rings. The van der Waals surface area contributed by atoms with Crippen LogP contribution in [0.2, 0.25) is 0 Å². The van der Waals surface area contributed by atoms with Gasteiger partial charge in [0.1, 0.15) is 0 Å². The van der Waals surface area contributed by atoms with Crippen molar-refractivity contribution in [2.24, 2.45) is 0 Å². The molecule has 0 aliphatic heterocycles. The Balaban J connectivity index is 1.95. The van der Waals surface area contributed by atoms with E-state index in [4.69, 9.17) is 0 Å². The molecule has 1 fully saturated rings. The van der Waals surface area contributed by atoms with Gasteiger partial charge in [0, 0.05) is 18.6 Å². The molecule has 2 nitrogen and oxygen atoms in total. The second kappa shape index (κ2) is 7.06. The van der Waals surface area contributed by atoms with Gasteiger partial charge in [0.2, 0.25) is 0 Å². The quantitative estimate of drug-likeness (QED) is 0.769. The minimum absolute atomic E-state index is 0.498. The molecule has 106 valence electrons. The van der Waals surface area contributed by atoms with E-state index in [2.05, 4.69) is 55.3 Å². The average molecular weight is 260 g/mol. The smallest absolute Gasteiger partial charge is 0.0332 e. The Hall–Kier alpha value is -0.860. The zero-order valence-electron chi connectivity index (χ0n) is 12.7. The maximum Gasteiger partial charge on any atom is 0.0332 e. The van der Waals surface area contributed by atoms with Crippen molar-refractivity contribution < 1.29 is 0 Å². The summed E-state index contributed by atoms with van der Waals surface area (Å²) in [5, 5.41) is 3.64. The molecule has 2 heteroatoms. The van der Waals surface area contributed by atoms with E-state index in [0.29, 0.717) is 6.04 Å². The molecule has 1 aliphatic carbocycles. The third-order valence-corrected chi connectivity index (χ3v) is 4.07. The lowest BCUT2D eigenvalue weighted by Gasteiger charge is -2.24. The largest absolute Gasteiger partial charge is 0.310 e. The van der Waals surface area contributed by atoms with Crippen molar-refractivity contribution >= 4 is 0 Å². The first kappa shape index (κ1) is 14.5. The van der Waals surface area contributed by atoms with Gasteiger partial charge >= 0.3 is 0 Å². The summed E-state index contributed by atoms with van der Waals surface area (Å²) in [6.45, 7) is 10.1. The van der Waals surface area contributed by atoms with Gasteiger partial charge in [0.25, 0.3) is 0 Å². The number of hydrogen-bond acceptors (Lipinski definition) is 2. The Morgan fingerprint density at radius 2 is 2.11 bits per heavy atom. The maximum atomic E-state index is 3.64. The molecule has 19 heavy (non-hydrogen) atoms. The summed E-state index contributed by atoms with van der Waals surface area (Å²) in [4.78, 5) is 2.64. The van der Waals surface area contributed by atoms with Crippen molar-refractivity contribution in [1.29, 1.82) is 0 Å². The maximum absolute atomic E-state index is 3.64. The van der Waals surface area contributed by atoms with E-state index in [0.717, 1.165) is 12.6 Å². The monoisotopic (exact) mass is 260 g/mol. The highest BCUT2D eigenvalue weighted by Crippen LogP contribution is 2.28. The summed E-state index contributed by atoms with van der Waals surface area (Å²) in [5.74, 6) is 0. The van der Waals surface area contributed by atoms with Crippen LogP contribution in [-0.4, -0.2) is 30.6 Å². The Labute approximate surface area is 118 Å². The molecule has 1 aliphatic rings. The van der Waals surface area contributed by atoms with Gasteiger partial charge in [-0.25, -0.2) is 0 Å². The van der Waals surface area contributed by atoms with Gasteiger partial charge in [-0.3, -0.25) is 0 Å². The standard InChI is InChI=1S/C17H28N2/c1-4-18-17(15-8-6-7-14(3)13-15)11-12-19(5-2)16-9-10-16/h6-8,13,16-18H,4-5,9-12H2,1-3H3. The van der Waals surface area contributed by atoms with E-state index in [1.165, 1.54) is 43.5 Å². The molecule has 0 saturated heterocycles. The lowest BCUT2D eigenvalue weighted by atomic mass is 10.0. The third-order valence-electron chi connectivity index (χ3n) is 4.07. The van der Waals surface area contributed by atoms with Crippen LogP contribution in [0.1, 0.15) is 50.3 Å². The van der Waals surface area contributed by atoms with Crippen LogP contribution in [0.4, 0.5) is 0 Å². The summed E-state index contributed by atoms with van der Waals surface area (Å²) in [7, 11) is 0. The number of benzene rings is 1. The molecule has 1 unspecified atom stereocenters. The van der Waals surface area contributed by atoms with Crippen LogP contribution in [-0.2, 0) is 0 Å². The lowest BCUT2D eigenvalue weighted by molar-refractivity contribution is 0.260. The normalized spacial score (nSPS) is 16.8. The second-order valence-electron chi connectivity index (χ2n) is 5.67. The molecule has 0 bridgehead atoms. The number of nitrogens with zero attached hydrogens (tertiary/aromatic N) is 1. The highest BCUT2D eigenvalue weighted by Gasteiger charge is 2.27. The topological polar surface area (TPSA) is 15.3 Å². The minimum Gasteiger partial charge on any atom is -0.310 e. The Kier molecular flexibility index (Phi) is 5.41. The van der Waals surface area contributed by atoms with E-state index in [9.17, 15) is 0 Å². The van der Waals surface area contributed by atoms with Crippen molar-refractivity contribution in [3.8, 4) is 0 Å². The summed E-state index contributed by atoms with van der Waals surface area (Å²) < 4.78 is 0. The van der Waals surface area contributed by atoms with E-state index < -0.39 is 0 Å². The fourth-order valence-corrected chi connectivity index (χ4v) is 2.85. The molecule has 1 N–H and O–H groups in total. The molecule has 0 heterocycles. The average Bonchev–Trinajstić information content (AvgIpc) is 3.23. The highest BCUT2D eigenvalue weighted by molar-refractivity contribution is 5.25. The van der Waals surface area contributed by atoms with Crippen LogP contribution in [0.5, 0.6) is 0 Å². The third kappa shape index (κ3) is 4.32. The van der Waals surface area contributed by atoms with Gasteiger partial charge in [0.05, 0.1) is 0 Å². The molecular weight excluding hydrogens is 232 g/mol. The van der Waals surface area contributed by atoms with Gasteiger partial charge < -0.3 is 10.2 Å². The molecule has 2 rings (SSSR count). The van der Waals surface area contributed by atoms with Crippen LogP contribution in [0.25, 0.3) is 0 Å². The van der Waals surface area contributed by atoms with E-state index in [-0.39, 0.29) is 0 Å². The fourth-order valence-electron chi connectivity index (χ4n) is 2.85. The van der Waals surface area contributed by atoms with E-state index in [1.807, 2.05) is 0 Å². The summed E-state index contributed by atoms with van der Waals surface area (Å²) in [6, 6.07) is 10.3. The predicted octanol–water partition coefficient (Wildman–Crippen LogP) is 3.52. The summed E-state index contributed by atoms with van der Waals surface area (Å²) in [6.07, 6.45) is 4.02. The number of rotatable bonds is 8. The van der Waals surface area contributed by atoms with Crippen molar-refractivity contribution in [3.05, 3.63) is 35.4 Å². The number of hydrogen-bond donors (Lipinski definition) is 1. The van der Waals surface area contributed by atoms with Crippen LogP contribution in [0.15, 0.2) is 24.3 Å². The molecule has 0 radical (unpaired) electrons. The molecule has 1 aromatic carbocycles. The molecule has 0 aromatic heterocycles. The zero-order chi connectivity index (χ0) is 13.7. The number of nitrogens with one attached hydrogen (secondary N) is 1. The zero-order valence-corrected chi connectivity index (χ0v) is 12.7. The van der Waals surface area contributed by atoms with Crippen LogP contribution in [0.3, 0.4) is 0 Å². The molecule has 1 saturated carbocycles. The Morgan fingerprint density at radius 1 is 1.32 bits per heavy atom. The summed E-state index contributed by atoms with van der Waals surface area (Å²) >= 11 is 0. The highest BCUT2D eigenvalue weighted by atomic mass is 15.2. The van der Waals surface area contributed by atoms with Gasteiger partial charge in [-0.1, -0.05) is 43.7 Å². The Morgan fingerprint density at radius 3 is 2.68 bits per heavy atom. The first-order valence-corrected chi connectivity index (χ1v) is 7.78. The van der Waals surface area contributed by atoms with Gasteiger partial charge in [0.15, 0.2) is 0 Å². The van der Waals surface area contributed by atoms with Crippen LogP contribution < -0.4 is 5.32 Å². The molecule has 0 amide bonds.